The van der Waals surface area contributed by atoms with E-state index in [0.717, 1.165) is 12.1 Å². The van der Waals surface area contributed by atoms with Crippen LogP contribution in [0.1, 0.15) is 0 Å². The average molecular weight is 202 g/mol. The van der Waals surface area contributed by atoms with Crippen molar-refractivity contribution in [3.05, 3.63) is 29.8 Å². The van der Waals surface area contributed by atoms with E-state index in [9.17, 15) is 8.78 Å². The second kappa shape index (κ2) is 4.88. The summed E-state index contributed by atoms with van der Waals surface area (Å²) in [5, 5.41) is 11.4. The molecule has 0 aliphatic heterocycles. The molecule has 1 aromatic carbocycles. The number of nitrogens with two attached hydrogens (primary N) is 1. The lowest BCUT2D eigenvalue weighted by atomic mass is 10.2. The topological polar surface area (TPSA) is 58.3 Å². The number of aliphatic hydroxyl groups excluding tert-OH is 1. The van der Waals surface area contributed by atoms with Crippen LogP contribution in [-0.4, -0.2) is 24.3 Å². The summed E-state index contributed by atoms with van der Waals surface area (Å²) in [6, 6.07) is 3.06. The van der Waals surface area contributed by atoms with Crippen molar-refractivity contribution < 1.29 is 13.9 Å². The maximum absolute atomic E-state index is 12.7. The molecule has 1 unspecified atom stereocenters. The third kappa shape index (κ3) is 2.93. The molecule has 1 atom stereocenters. The molecule has 0 aliphatic carbocycles. The van der Waals surface area contributed by atoms with E-state index in [1.54, 1.807) is 0 Å². The molecule has 0 heterocycles. The van der Waals surface area contributed by atoms with Gasteiger partial charge < -0.3 is 16.2 Å². The highest BCUT2D eigenvalue weighted by Crippen LogP contribution is 2.12. The van der Waals surface area contributed by atoms with Gasteiger partial charge in [0.05, 0.1) is 6.61 Å². The minimum Gasteiger partial charge on any atom is -0.395 e. The van der Waals surface area contributed by atoms with E-state index in [1.165, 1.54) is 6.07 Å². The van der Waals surface area contributed by atoms with Gasteiger partial charge in [-0.15, -0.1) is 0 Å². The molecule has 0 bridgehead atoms. The fourth-order valence-corrected chi connectivity index (χ4v) is 0.920. The molecule has 4 N–H and O–H groups in total. The highest BCUT2D eigenvalue weighted by atomic mass is 19.2. The van der Waals surface area contributed by atoms with Gasteiger partial charge in [-0.25, -0.2) is 8.78 Å². The monoisotopic (exact) mass is 202 g/mol. The van der Waals surface area contributed by atoms with Crippen LogP contribution in [0.5, 0.6) is 0 Å². The van der Waals surface area contributed by atoms with Crippen LogP contribution in [0.25, 0.3) is 0 Å². The Morgan fingerprint density at radius 3 is 2.64 bits per heavy atom. The number of hydrogen-bond donors (Lipinski definition) is 3. The Kier molecular flexibility index (Phi) is 3.79. The van der Waals surface area contributed by atoms with E-state index in [1.807, 2.05) is 0 Å². The minimum absolute atomic E-state index is 0.156. The number of benzene rings is 1. The minimum atomic E-state index is -0.910. The quantitative estimate of drug-likeness (QED) is 0.673. The number of hydrogen-bond acceptors (Lipinski definition) is 3. The molecule has 14 heavy (non-hydrogen) atoms. The molecule has 1 aromatic rings. The molecular formula is C9H12F2N2O. The van der Waals surface area contributed by atoms with E-state index >= 15 is 0 Å². The molecule has 0 saturated heterocycles. The number of nitrogens with one attached hydrogen (secondary N) is 1. The molecule has 0 amide bonds. The first kappa shape index (κ1) is 10.9. The van der Waals surface area contributed by atoms with Gasteiger partial charge >= 0.3 is 0 Å². The molecule has 0 spiro atoms. The van der Waals surface area contributed by atoms with Gasteiger partial charge in [0.25, 0.3) is 0 Å². The van der Waals surface area contributed by atoms with Crippen molar-refractivity contribution in [2.45, 2.75) is 6.04 Å². The number of halogens is 2. The van der Waals surface area contributed by atoms with E-state index in [4.69, 9.17) is 10.8 Å². The SMILES string of the molecule is NC(CO)CNc1ccc(F)c(F)c1. The maximum Gasteiger partial charge on any atom is 0.160 e. The Morgan fingerprint density at radius 1 is 1.36 bits per heavy atom. The van der Waals surface area contributed by atoms with Crippen LogP contribution in [-0.2, 0) is 0 Å². The lowest BCUT2D eigenvalue weighted by Crippen LogP contribution is -2.32. The van der Waals surface area contributed by atoms with Gasteiger partial charge in [-0.2, -0.15) is 0 Å². The summed E-state index contributed by atoms with van der Waals surface area (Å²) in [4.78, 5) is 0. The van der Waals surface area contributed by atoms with Crippen LogP contribution in [0.15, 0.2) is 18.2 Å². The summed E-state index contributed by atoms with van der Waals surface area (Å²) in [5.74, 6) is -1.80. The fraction of sp³-hybridized carbons (Fsp3) is 0.333. The standard InChI is InChI=1S/C9H12F2N2O/c10-8-2-1-7(3-9(8)11)13-4-6(12)5-14/h1-3,6,13-14H,4-5,12H2. The molecule has 0 aromatic heterocycles. The van der Waals surface area contributed by atoms with Crippen molar-refractivity contribution in [2.24, 2.45) is 5.73 Å². The first-order valence-corrected chi connectivity index (χ1v) is 4.19. The summed E-state index contributed by atoms with van der Waals surface area (Å²) in [6.45, 7) is 0.151. The molecule has 0 radical (unpaired) electrons. The van der Waals surface area contributed by atoms with E-state index in [0.29, 0.717) is 12.2 Å². The molecule has 3 nitrogen and oxygen atoms in total. The molecule has 0 aliphatic rings. The zero-order valence-electron chi connectivity index (χ0n) is 7.50. The lowest BCUT2D eigenvalue weighted by Gasteiger charge is -2.10. The van der Waals surface area contributed by atoms with Crippen LogP contribution in [0.2, 0.25) is 0 Å². The summed E-state index contributed by atoms with van der Waals surface area (Å²) in [6.07, 6.45) is 0. The largest absolute Gasteiger partial charge is 0.395 e. The van der Waals surface area contributed by atoms with E-state index in [2.05, 4.69) is 5.32 Å². The van der Waals surface area contributed by atoms with Crippen LogP contribution in [0, 0.1) is 11.6 Å². The highest BCUT2D eigenvalue weighted by Gasteiger charge is 2.03. The second-order valence-electron chi connectivity index (χ2n) is 2.95. The predicted molar refractivity (Wildman–Crippen MR) is 49.9 cm³/mol. The third-order valence-corrected chi connectivity index (χ3v) is 1.72. The molecular weight excluding hydrogens is 190 g/mol. The van der Waals surface area contributed by atoms with Crippen LogP contribution >= 0.6 is 0 Å². The fourth-order valence-electron chi connectivity index (χ4n) is 0.920. The molecule has 0 saturated carbocycles. The van der Waals surface area contributed by atoms with Gasteiger partial charge in [0.1, 0.15) is 0 Å². The highest BCUT2D eigenvalue weighted by molar-refractivity contribution is 5.43. The van der Waals surface area contributed by atoms with Crippen LogP contribution in [0.3, 0.4) is 0 Å². The van der Waals surface area contributed by atoms with Crippen molar-refractivity contribution in [3.63, 3.8) is 0 Å². The van der Waals surface area contributed by atoms with Crippen LogP contribution < -0.4 is 11.1 Å². The number of anilines is 1. The normalized spacial score (nSPS) is 12.6. The van der Waals surface area contributed by atoms with Gasteiger partial charge in [-0.05, 0) is 18.2 Å². The van der Waals surface area contributed by atoms with Crippen LogP contribution in [0.4, 0.5) is 14.5 Å². The number of rotatable bonds is 4. The zero-order valence-corrected chi connectivity index (χ0v) is 7.50. The first-order chi connectivity index (χ1) is 6.63. The smallest absolute Gasteiger partial charge is 0.160 e. The predicted octanol–water partition coefficient (Wildman–Crippen LogP) is 0.696. The maximum atomic E-state index is 12.7. The molecule has 0 fully saturated rings. The molecule has 78 valence electrons. The van der Waals surface area contributed by atoms with Crippen molar-refractivity contribution in [1.82, 2.24) is 0 Å². The van der Waals surface area contributed by atoms with Crippen molar-refractivity contribution in [2.75, 3.05) is 18.5 Å². The first-order valence-electron chi connectivity index (χ1n) is 4.19. The zero-order chi connectivity index (χ0) is 10.6. The van der Waals surface area contributed by atoms with Gasteiger partial charge in [0.15, 0.2) is 11.6 Å². The van der Waals surface area contributed by atoms with Gasteiger partial charge in [0, 0.05) is 18.3 Å². The van der Waals surface area contributed by atoms with Gasteiger partial charge in [0.2, 0.25) is 0 Å². The third-order valence-electron chi connectivity index (χ3n) is 1.72. The second-order valence-corrected chi connectivity index (χ2v) is 2.95. The Labute approximate surface area is 80.5 Å². The summed E-state index contributed by atoms with van der Waals surface area (Å²) in [5.41, 5.74) is 5.85. The van der Waals surface area contributed by atoms with Crippen molar-refractivity contribution in [1.29, 1.82) is 0 Å². The Balaban J connectivity index is 2.55. The van der Waals surface area contributed by atoms with Gasteiger partial charge in [-0.1, -0.05) is 0 Å². The Bertz CT molecular complexity index is 307. The summed E-state index contributed by atoms with van der Waals surface area (Å²) in [7, 11) is 0. The van der Waals surface area contributed by atoms with Crippen molar-refractivity contribution >= 4 is 5.69 Å². The molecule has 5 heteroatoms. The Hall–Kier alpha value is -1.20. The van der Waals surface area contributed by atoms with Gasteiger partial charge in [-0.3, -0.25) is 0 Å². The summed E-state index contributed by atoms with van der Waals surface area (Å²) < 4.78 is 25.2. The summed E-state index contributed by atoms with van der Waals surface area (Å²) >= 11 is 0. The van der Waals surface area contributed by atoms with Crippen molar-refractivity contribution in [3.8, 4) is 0 Å². The van der Waals surface area contributed by atoms with E-state index < -0.39 is 17.7 Å². The lowest BCUT2D eigenvalue weighted by molar-refractivity contribution is 0.270. The average Bonchev–Trinajstić information content (AvgIpc) is 2.19. The Morgan fingerprint density at radius 2 is 2.07 bits per heavy atom. The van der Waals surface area contributed by atoms with E-state index in [-0.39, 0.29) is 6.61 Å². The molecule has 1 rings (SSSR count). The number of aliphatic hydroxyl groups is 1.